The van der Waals surface area contributed by atoms with Gasteiger partial charge in [-0.25, -0.2) is 0 Å². The molecule has 0 spiro atoms. The normalized spacial score (nSPS) is 17.4. The van der Waals surface area contributed by atoms with E-state index < -0.39 is 0 Å². The van der Waals surface area contributed by atoms with Crippen LogP contribution in [0.4, 0.5) is 0 Å². The summed E-state index contributed by atoms with van der Waals surface area (Å²) in [5.74, 6) is -0.0736. The smallest absolute Gasteiger partial charge is 0.254 e. The van der Waals surface area contributed by atoms with Crippen LogP contribution in [0.5, 0.6) is 0 Å². The minimum absolute atomic E-state index is 0.123. The zero-order valence-electron chi connectivity index (χ0n) is 17.8. The Morgan fingerprint density at radius 2 is 1.26 bits per heavy atom. The Labute approximate surface area is 183 Å². The Bertz CT molecular complexity index is 930. The van der Waals surface area contributed by atoms with Crippen molar-refractivity contribution in [2.75, 3.05) is 45.8 Å². The van der Waals surface area contributed by atoms with Gasteiger partial charge in [0, 0.05) is 50.4 Å². The first kappa shape index (κ1) is 21.2. The third-order valence-corrected chi connectivity index (χ3v) is 6.17. The standard InChI is InChI=1S/C25H29N3O3/c29-23(27-13-7-2-8-14-27)19-26-15-17-28(18-16-26)25(31)22-12-6-5-11-21(22)24(30)20-9-3-1-4-10-20/h1,3-6,9-12H,2,7-8,13-19H2. The number of rotatable bonds is 5. The van der Waals surface area contributed by atoms with Gasteiger partial charge < -0.3 is 9.80 Å². The van der Waals surface area contributed by atoms with Crippen molar-refractivity contribution < 1.29 is 14.4 Å². The van der Waals surface area contributed by atoms with Crippen molar-refractivity contribution in [3.8, 4) is 0 Å². The number of amides is 2. The molecular weight excluding hydrogens is 390 g/mol. The van der Waals surface area contributed by atoms with Crippen LogP contribution in [0.1, 0.15) is 45.5 Å². The second-order valence-electron chi connectivity index (χ2n) is 8.25. The van der Waals surface area contributed by atoms with Crippen molar-refractivity contribution in [2.45, 2.75) is 19.3 Å². The molecule has 0 bridgehead atoms. The first-order valence-electron chi connectivity index (χ1n) is 11.1. The molecule has 6 nitrogen and oxygen atoms in total. The summed E-state index contributed by atoms with van der Waals surface area (Å²) in [4.78, 5) is 44.6. The van der Waals surface area contributed by atoms with Crippen molar-refractivity contribution in [3.63, 3.8) is 0 Å². The molecule has 0 radical (unpaired) electrons. The Hall–Kier alpha value is -2.99. The van der Waals surface area contributed by atoms with Gasteiger partial charge in [-0.15, -0.1) is 0 Å². The minimum Gasteiger partial charge on any atom is -0.342 e. The van der Waals surface area contributed by atoms with Crippen LogP contribution in [0.15, 0.2) is 54.6 Å². The number of likely N-dealkylation sites (tertiary alicyclic amines) is 1. The van der Waals surface area contributed by atoms with E-state index in [2.05, 4.69) is 4.90 Å². The molecule has 2 aliphatic rings. The van der Waals surface area contributed by atoms with E-state index in [-0.39, 0.29) is 17.6 Å². The molecule has 0 unspecified atom stereocenters. The highest BCUT2D eigenvalue weighted by molar-refractivity contribution is 6.15. The maximum Gasteiger partial charge on any atom is 0.254 e. The Balaban J connectivity index is 1.38. The van der Waals surface area contributed by atoms with Crippen molar-refractivity contribution in [1.82, 2.24) is 14.7 Å². The van der Waals surface area contributed by atoms with Crippen molar-refractivity contribution in [1.29, 1.82) is 0 Å². The summed E-state index contributed by atoms with van der Waals surface area (Å²) in [7, 11) is 0. The summed E-state index contributed by atoms with van der Waals surface area (Å²) < 4.78 is 0. The van der Waals surface area contributed by atoms with E-state index in [1.165, 1.54) is 6.42 Å². The molecular formula is C25H29N3O3. The lowest BCUT2D eigenvalue weighted by Crippen LogP contribution is -2.52. The van der Waals surface area contributed by atoms with Gasteiger partial charge in [-0.2, -0.15) is 0 Å². The van der Waals surface area contributed by atoms with E-state index in [0.717, 1.165) is 25.9 Å². The highest BCUT2D eigenvalue weighted by atomic mass is 16.2. The van der Waals surface area contributed by atoms with Crippen LogP contribution in [0.2, 0.25) is 0 Å². The maximum absolute atomic E-state index is 13.2. The van der Waals surface area contributed by atoms with Gasteiger partial charge in [0.15, 0.2) is 5.78 Å². The summed E-state index contributed by atoms with van der Waals surface area (Å²) in [6, 6.07) is 16.1. The monoisotopic (exact) mass is 419 g/mol. The number of carbonyl (C=O) groups is 3. The molecule has 162 valence electrons. The fourth-order valence-electron chi connectivity index (χ4n) is 4.33. The highest BCUT2D eigenvalue weighted by Crippen LogP contribution is 2.18. The maximum atomic E-state index is 13.2. The fourth-order valence-corrected chi connectivity index (χ4v) is 4.33. The number of piperidine rings is 1. The zero-order chi connectivity index (χ0) is 21.6. The van der Waals surface area contributed by atoms with E-state index in [1.807, 2.05) is 23.1 Å². The highest BCUT2D eigenvalue weighted by Gasteiger charge is 2.27. The second kappa shape index (κ2) is 9.88. The topological polar surface area (TPSA) is 60.9 Å². The van der Waals surface area contributed by atoms with Crippen LogP contribution in [0, 0.1) is 0 Å². The van der Waals surface area contributed by atoms with Crippen LogP contribution in [-0.2, 0) is 4.79 Å². The van der Waals surface area contributed by atoms with Crippen LogP contribution < -0.4 is 0 Å². The van der Waals surface area contributed by atoms with Crippen molar-refractivity contribution in [3.05, 3.63) is 71.3 Å². The third kappa shape index (κ3) is 5.02. The lowest BCUT2D eigenvalue weighted by molar-refractivity contribution is -0.133. The van der Waals surface area contributed by atoms with Gasteiger partial charge >= 0.3 is 0 Å². The quantitative estimate of drug-likeness (QED) is 0.699. The summed E-state index contributed by atoms with van der Waals surface area (Å²) in [5, 5.41) is 0. The number of piperazine rings is 1. The molecule has 2 aliphatic heterocycles. The van der Waals surface area contributed by atoms with E-state index in [0.29, 0.717) is 49.4 Å². The Kier molecular flexibility index (Phi) is 6.77. The van der Waals surface area contributed by atoms with E-state index in [9.17, 15) is 14.4 Å². The van der Waals surface area contributed by atoms with Gasteiger partial charge in [-0.3, -0.25) is 19.3 Å². The van der Waals surface area contributed by atoms with Gasteiger partial charge in [-0.1, -0.05) is 48.5 Å². The SMILES string of the molecule is O=C(c1ccccc1)c1ccccc1C(=O)N1CCN(CC(=O)N2CCCCC2)CC1. The van der Waals surface area contributed by atoms with Gasteiger partial charge in [0.05, 0.1) is 12.1 Å². The number of ketones is 1. The largest absolute Gasteiger partial charge is 0.342 e. The van der Waals surface area contributed by atoms with Crippen LogP contribution in [0.25, 0.3) is 0 Å². The number of nitrogens with zero attached hydrogens (tertiary/aromatic N) is 3. The molecule has 2 saturated heterocycles. The summed E-state index contributed by atoms with van der Waals surface area (Å²) in [6.07, 6.45) is 3.39. The molecule has 31 heavy (non-hydrogen) atoms. The molecule has 0 saturated carbocycles. The van der Waals surface area contributed by atoms with Crippen molar-refractivity contribution >= 4 is 17.6 Å². The lowest BCUT2D eigenvalue weighted by Gasteiger charge is -2.36. The number of hydrogen-bond acceptors (Lipinski definition) is 4. The summed E-state index contributed by atoms with van der Waals surface area (Å²) >= 11 is 0. The van der Waals surface area contributed by atoms with E-state index in [4.69, 9.17) is 0 Å². The lowest BCUT2D eigenvalue weighted by atomic mass is 9.97. The predicted molar refractivity (Wildman–Crippen MR) is 119 cm³/mol. The molecule has 0 aliphatic carbocycles. The van der Waals surface area contributed by atoms with Gasteiger partial charge in [0.2, 0.25) is 5.91 Å². The van der Waals surface area contributed by atoms with E-state index in [1.54, 1.807) is 41.3 Å². The first-order valence-corrected chi connectivity index (χ1v) is 11.1. The van der Waals surface area contributed by atoms with Crippen LogP contribution >= 0.6 is 0 Å². The molecule has 2 fully saturated rings. The minimum atomic E-state index is -0.143. The molecule has 2 aromatic rings. The van der Waals surface area contributed by atoms with E-state index >= 15 is 0 Å². The molecule has 0 aromatic heterocycles. The average Bonchev–Trinajstić information content (AvgIpc) is 2.84. The molecule has 4 rings (SSSR count). The summed E-state index contributed by atoms with van der Waals surface area (Å²) in [5.41, 5.74) is 1.44. The van der Waals surface area contributed by atoms with Gasteiger partial charge in [0.1, 0.15) is 0 Å². The Morgan fingerprint density at radius 3 is 1.94 bits per heavy atom. The molecule has 0 atom stereocenters. The summed E-state index contributed by atoms with van der Waals surface area (Å²) in [6.45, 7) is 4.60. The first-order chi connectivity index (χ1) is 15.1. The zero-order valence-corrected chi connectivity index (χ0v) is 17.8. The molecule has 0 N–H and O–H groups in total. The van der Waals surface area contributed by atoms with Gasteiger partial charge in [0.25, 0.3) is 5.91 Å². The van der Waals surface area contributed by atoms with Crippen molar-refractivity contribution in [2.24, 2.45) is 0 Å². The fraction of sp³-hybridized carbons (Fsp3) is 0.400. The molecule has 2 amide bonds. The second-order valence-corrected chi connectivity index (χ2v) is 8.25. The number of carbonyl (C=O) groups excluding carboxylic acids is 3. The molecule has 2 heterocycles. The number of hydrogen-bond donors (Lipinski definition) is 0. The molecule has 6 heteroatoms. The van der Waals surface area contributed by atoms with Crippen LogP contribution in [-0.4, -0.2) is 78.1 Å². The third-order valence-electron chi connectivity index (χ3n) is 6.17. The predicted octanol–water partition coefficient (Wildman–Crippen LogP) is 2.69. The number of benzene rings is 2. The van der Waals surface area contributed by atoms with Crippen LogP contribution in [0.3, 0.4) is 0 Å². The Morgan fingerprint density at radius 1 is 0.645 bits per heavy atom. The average molecular weight is 420 g/mol. The molecule has 2 aromatic carbocycles. The van der Waals surface area contributed by atoms with Gasteiger partial charge in [-0.05, 0) is 25.3 Å².